The molecule has 0 bridgehead atoms. The van der Waals surface area contributed by atoms with E-state index >= 15 is 0 Å². The van der Waals surface area contributed by atoms with Crippen LogP contribution >= 0.6 is 0 Å². The topological polar surface area (TPSA) is 62.3 Å². The van der Waals surface area contributed by atoms with Gasteiger partial charge < -0.3 is 15.4 Å². The van der Waals surface area contributed by atoms with Crippen molar-refractivity contribution in [1.82, 2.24) is 0 Å². The third-order valence-electron chi connectivity index (χ3n) is 2.51. The highest BCUT2D eigenvalue weighted by Crippen LogP contribution is 2.19. The van der Waals surface area contributed by atoms with E-state index in [1.54, 1.807) is 19.2 Å². The van der Waals surface area contributed by atoms with E-state index in [4.69, 9.17) is 15.9 Å². The lowest BCUT2D eigenvalue weighted by Gasteiger charge is -2.20. The lowest BCUT2D eigenvalue weighted by molar-refractivity contribution is 0.196. The lowest BCUT2D eigenvalue weighted by atomic mass is 10.1. The van der Waals surface area contributed by atoms with Gasteiger partial charge in [0.1, 0.15) is 11.7 Å². The molecule has 3 N–H and O–H groups in total. The Labute approximate surface area is 101 Å². The Hall–Kier alpha value is -1.62. The number of benzene rings is 1. The van der Waals surface area contributed by atoms with E-state index in [2.05, 4.69) is 0 Å². The van der Waals surface area contributed by atoms with Gasteiger partial charge in [0.2, 0.25) is 0 Å². The first-order chi connectivity index (χ1) is 8.06. The molecule has 0 atom stereocenters. The van der Waals surface area contributed by atoms with Gasteiger partial charge in [-0.3, -0.25) is 5.41 Å². The highest BCUT2D eigenvalue weighted by molar-refractivity contribution is 5.95. The molecule has 94 valence electrons. The van der Waals surface area contributed by atoms with Gasteiger partial charge in [0.05, 0.1) is 5.69 Å². The van der Waals surface area contributed by atoms with Crippen molar-refractivity contribution in [3.63, 3.8) is 0 Å². The molecule has 17 heavy (non-hydrogen) atoms. The number of nitrogens with two attached hydrogens (primary N) is 1. The summed E-state index contributed by atoms with van der Waals surface area (Å²) in [5, 5.41) is 7.23. The van der Waals surface area contributed by atoms with Crippen molar-refractivity contribution in [3.05, 3.63) is 29.6 Å². The molecule has 0 amide bonds. The van der Waals surface area contributed by atoms with E-state index in [0.29, 0.717) is 24.4 Å². The summed E-state index contributed by atoms with van der Waals surface area (Å²) in [7, 11) is 3.46. The van der Waals surface area contributed by atoms with Crippen LogP contribution in [0.1, 0.15) is 12.0 Å². The number of ether oxygens (including phenoxy) is 1. The van der Waals surface area contributed by atoms with Gasteiger partial charge in [-0.25, -0.2) is 4.39 Å². The number of nitrogens with one attached hydrogen (secondary N) is 1. The molecule has 0 saturated heterocycles. The van der Waals surface area contributed by atoms with Crippen LogP contribution in [0.25, 0.3) is 0 Å². The molecule has 0 fully saturated rings. The van der Waals surface area contributed by atoms with Crippen molar-refractivity contribution in [2.75, 3.05) is 32.2 Å². The molecular formula is C12H18FN3O. The van der Waals surface area contributed by atoms with Crippen LogP contribution in [0.4, 0.5) is 10.1 Å². The summed E-state index contributed by atoms with van der Waals surface area (Å²) in [5.41, 5.74) is 6.20. The second-order valence-corrected chi connectivity index (χ2v) is 3.85. The SMILES string of the molecule is COCCCN(C)c1ccc(C(=N)N)cc1F. The van der Waals surface area contributed by atoms with Crippen LogP contribution in [-0.4, -0.2) is 33.1 Å². The quantitative estimate of drug-likeness (QED) is 0.450. The minimum Gasteiger partial charge on any atom is -0.385 e. The molecule has 1 aromatic rings. The molecular weight excluding hydrogens is 221 g/mol. The molecule has 0 aromatic heterocycles. The van der Waals surface area contributed by atoms with Gasteiger partial charge in [-0.05, 0) is 24.6 Å². The van der Waals surface area contributed by atoms with E-state index in [9.17, 15) is 4.39 Å². The first-order valence-corrected chi connectivity index (χ1v) is 5.40. The predicted octanol–water partition coefficient (Wildman–Crippen LogP) is 1.58. The van der Waals surface area contributed by atoms with Crippen molar-refractivity contribution in [1.29, 1.82) is 5.41 Å². The largest absolute Gasteiger partial charge is 0.385 e. The van der Waals surface area contributed by atoms with E-state index in [-0.39, 0.29) is 11.7 Å². The molecule has 1 rings (SSSR count). The van der Waals surface area contributed by atoms with Crippen LogP contribution in [0.5, 0.6) is 0 Å². The average Bonchev–Trinajstić information content (AvgIpc) is 2.28. The summed E-state index contributed by atoms with van der Waals surface area (Å²) in [4.78, 5) is 1.82. The van der Waals surface area contributed by atoms with Crippen molar-refractivity contribution < 1.29 is 9.13 Å². The van der Waals surface area contributed by atoms with Crippen LogP contribution in [0.3, 0.4) is 0 Å². The molecule has 0 heterocycles. The fourth-order valence-electron chi connectivity index (χ4n) is 1.55. The van der Waals surface area contributed by atoms with Gasteiger partial charge in [-0.2, -0.15) is 0 Å². The monoisotopic (exact) mass is 239 g/mol. The number of methoxy groups -OCH3 is 1. The van der Waals surface area contributed by atoms with Crippen LogP contribution in [-0.2, 0) is 4.74 Å². The van der Waals surface area contributed by atoms with Crippen molar-refractivity contribution in [2.24, 2.45) is 5.73 Å². The molecule has 0 aliphatic carbocycles. The lowest BCUT2D eigenvalue weighted by Crippen LogP contribution is -2.21. The minimum absolute atomic E-state index is 0.127. The summed E-state index contributed by atoms with van der Waals surface area (Å²) < 4.78 is 18.7. The maximum Gasteiger partial charge on any atom is 0.147 e. The van der Waals surface area contributed by atoms with Crippen LogP contribution in [0.2, 0.25) is 0 Å². The Morgan fingerprint density at radius 2 is 2.24 bits per heavy atom. The van der Waals surface area contributed by atoms with Crippen molar-refractivity contribution >= 4 is 11.5 Å². The third-order valence-corrected chi connectivity index (χ3v) is 2.51. The van der Waals surface area contributed by atoms with E-state index in [1.165, 1.54) is 6.07 Å². The first-order valence-electron chi connectivity index (χ1n) is 5.40. The highest BCUT2D eigenvalue weighted by Gasteiger charge is 2.09. The highest BCUT2D eigenvalue weighted by atomic mass is 19.1. The van der Waals surface area contributed by atoms with E-state index in [1.807, 2.05) is 11.9 Å². The number of hydrogen-bond acceptors (Lipinski definition) is 3. The minimum atomic E-state index is -0.363. The van der Waals surface area contributed by atoms with Gasteiger partial charge in [0.15, 0.2) is 0 Å². The van der Waals surface area contributed by atoms with Gasteiger partial charge in [0.25, 0.3) is 0 Å². The molecule has 0 saturated carbocycles. The Morgan fingerprint density at radius 3 is 2.76 bits per heavy atom. The zero-order valence-corrected chi connectivity index (χ0v) is 10.2. The second-order valence-electron chi connectivity index (χ2n) is 3.85. The molecule has 1 aromatic carbocycles. The smallest absolute Gasteiger partial charge is 0.147 e. The summed E-state index contributed by atoms with van der Waals surface area (Å²) in [6, 6.07) is 4.57. The normalized spacial score (nSPS) is 10.3. The Bertz CT molecular complexity index is 395. The maximum atomic E-state index is 13.7. The standard InChI is InChI=1S/C12H18FN3O/c1-16(6-3-7-17-2)11-5-4-9(12(14)15)8-10(11)13/h4-5,8H,3,6-7H2,1-2H3,(H3,14,15). The summed E-state index contributed by atoms with van der Waals surface area (Å²) in [5.74, 6) is -0.491. The number of halogens is 1. The molecule has 5 heteroatoms. The fraction of sp³-hybridized carbons (Fsp3) is 0.417. The summed E-state index contributed by atoms with van der Waals surface area (Å²) in [6.45, 7) is 1.36. The van der Waals surface area contributed by atoms with E-state index in [0.717, 1.165) is 6.42 Å². The van der Waals surface area contributed by atoms with Crippen LogP contribution in [0, 0.1) is 11.2 Å². The third kappa shape index (κ3) is 3.71. The number of hydrogen-bond donors (Lipinski definition) is 2. The summed E-state index contributed by atoms with van der Waals surface area (Å²) >= 11 is 0. The molecule has 0 radical (unpaired) electrons. The summed E-state index contributed by atoms with van der Waals surface area (Å²) in [6.07, 6.45) is 0.834. The zero-order chi connectivity index (χ0) is 12.8. The number of amidine groups is 1. The predicted molar refractivity (Wildman–Crippen MR) is 67.2 cm³/mol. The Balaban J connectivity index is 2.74. The molecule has 0 spiro atoms. The molecule has 0 unspecified atom stereocenters. The second kappa shape index (κ2) is 6.20. The number of rotatable bonds is 6. The Morgan fingerprint density at radius 1 is 1.53 bits per heavy atom. The van der Waals surface area contributed by atoms with Gasteiger partial charge in [-0.15, -0.1) is 0 Å². The average molecular weight is 239 g/mol. The van der Waals surface area contributed by atoms with E-state index < -0.39 is 0 Å². The fourth-order valence-corrected chi connectivity index (χ4v) is 1.55. The number of nitrogen functional groups attached to an aromatic ring is 1. The van der Waals surface area contributed by atoms with Crippen molar-refractivity contribution in [2.45, 2.75) is 6.42 Å². The van der Waals surface area contributed by atoms with Crippen LogP contribution in [0.15, 0.2) is 18.2 Å². The van der Waals surface area contributed by atoms with Gasteiger partial charge >= 0.3 is 0 Å². The van der Waals surface area contributed by atoms with Gasteiger partial charge in [0, 0.05) is 32.9 Å². The molecule has 4 nitrogen and oxygen atoms in total. The van der Waals surface area contributed by atoms with Crippen LogP contribution < -0.4 is 10.6 Å². The molecule has 0 aliphatic rings. The zero-order valence-electron chi connectivity index (χ0n) is 10.2. The maximum absolute atomic E-state index is 13.7. The number of nitrogens with zero attached hydrogens (tertiary/aromatic N) is 1. The van der Waals surface area contributed by atoms with Crippen molar-refractivity contribution in [3.8, 4) is 0 Å². The van der Waals surface area contributed by atoms with Gasteiger partial charge in [-0.1, -0.05) is 0 Å². The molecule has 0 aliphatic heterocycles. The first kappa shape index (κ1) is 13.4. The Kier molecular flexibility index (Phi) is 4.90. The number of anilines is 1.